The third kappa shape index (κ3) is 1.91. The van der Waals surface area contributed by atoms with Crippen molar-refractivity contribution in [3.05, 3.63) is 22.5 Å². The summed E-state index contributed by atoms with van der Waals surface area (Å²) in [6.07, 6.45) is 6.31. The molecule has 0 saturated heterocycles. The van der Waals surface area contributed by atoms with E-state index in [2.05, 4.69) is 25.8 Å². The van der Waals surface area contributed by atoms with Crippen molar-refractivity contribution in [2.45, 2.75) is 59.0 Å². The first-order valence-corrected chi connectivity index (χ1v) is 7.40. The number of aromatic amines is 1. The summed E-state index contributed by atoms with van der Waals surface area (Å²) < 4.78 is 0. The number of aliphatic hydroxyl groups is 1. The van der Waals surface area contributed by atoms with Crippen LogP contribution in [0.5, 0.6) is 0 Å². The number of rotatable bonds is 3. The summed E-state index contributed by atoms with van der Waals surface area (Å²) in [6.45, 7) is 6.35. The summed E-state index contributed by atoms with van der Waals surface area (Å²) in [7, 11) is 0. The molecule has 2 saturated carbocycles. The molecular weight excluding hydrogens is 222 g/mol. The van der Waals surface area contributed by atoms with Crippen molar-refractivity contribution in [1.29, 1.82) is 0 Å². The second-order valence-corrected chi connectivity index (χ2v) is 6.60. The van der Waals surface area contributed by atoms with Gasteiger partial charge in [-0.25, -0.2) is 0 Å². The van der Waals surface area contributed by atoms with Crippen LogP contribution < -0.4 is 0 Å². The van der Waals surface area contributed by atoms with Gasteiger partial charge in [-0.1, -0.05) is 6.42 Å². The van der Waals surface area contributed by atoms with E-state index in [1.54, 1.807) is 0 Å². The van der Waals surface area contributed by atoms with Gasteiger partial charge in [-0.3, -0.25) is 0 Å². The molecule has 1 aromatic rings. The number of hydrogen-bond acceptors (Lipinski definition) is 1. The fraction of sp³-hybridized carbons (Fsp3) is 0.750. The van der Waals surface area contributed by atoms with Crippen molar-refractivity contribution in [2.24, 2.45) is 17.8 Å². The predicted octanol–water partition coefficient (Wildman–Crippen LogP) is 3.80. The zero-order valence-electron chi connectivity index (χ0n) is 11.8. The van der Waals surface area contributed by atoms with Gasteiger partial charge in [-0.2, -0.15) is 0 Å². The number of H-pyrrole nitrogens is 1. The molecular formula is C16H25NO. The Morgan fingerprint density at radius 1 is 1.17 bits per heavy atom. The lowest BCUT2D eigenvalue weighted by Crippen LogP contribution is -2.15. The second kappa shape index (κ2) is 4.41. The Balaban J connectivity index is 1.71. The van der Waals surface area contributed by atoms with E-state index in [1.807, 2.05) is 0 Å². The van der Waals surface area contributed by atoms with Gasteiger partial charge in [0, 0.05) is 11.4 Å². The van der Waals surface area contributed by atoms with Crippen LogP contribution in [0.3, 0.4) is 0 Å². The molecule has 0 aliphatic heterocycles. The molecule has 0 spiro atoms. The normalized spacial score (nSPS) is 32.1. The third-order valence-corrected chi connectivity index (χ3v) is 5.59. The smallest absolute Gasteiger partial charge is 0.0943 e. The maximum atomic E-state index is 10.5. The van der Waals surface area contributed by atoms with E-state index in [0.717, 1.165) is 29.9 Å². The van der Waals surface area contributed by atoms with Crippen LogP contribution in [0.4, 0.5) is 0 Å². The number of aliphatic hydroxyl groups excluding tert-OH is 1. The highest BCUT2D eigenvalue weighted by molar-refractivity contribution is 5.35. The molecule has 2 aliphatic carbocycles. The quantitative estimate of drug-likeness (QED) is 0.837. The van der Waals surface area contributed by atoms with Gasteiger partial charge in [0.25, 0.3) is 0 Å². The molecule has 18 heavy (non-hydrogen) atoms. The van der Waals surface area contributed by atoms with Crippen LogP contribution in [-0.4, -0.2) is 10.1 Å². The summed E-state index contributed by atoms with van der Waals surface area (Å²) in [4.78, 5) is 3.38. The van der Waals surface area contributed by atoms with Gasteiger partial charge in [-0.15, -0.1) is 0 Å². The van der Waals surface area contributed by atoms with Crippen LogP contribution in [0.25, 0.3) is 0 Å². The molecule has 3 rings (SSSR count). The molecule has 2 N–H and O–H groups in total. The highest BCUT2D eigenvalue weighted by Crippen LogP contribution is 2.51. The lowest BCUT2D eigenvalue weighted by Gasteiger charge is -2.24. The topological polar surface area (TPSA) is 36.0 Å². The zero-order valence-corrected chi connectivity index (χ0v) is 11.8. The molecule has 2 aliphatic rings. The standard InChI is InChI=1S/C16H25NO/c1-9-10(2)16(17-11(9)3)15(18)8-14-7-12-4-5-13(14)6-12/h12-15,17-18H,4-8H2,1-3H3. The highest BCUT2D eigenvalue weighted by Gasteiger charge is 2.40. The molecule has 100 valence electrons. The Morgan fingerprint density at radius 2 is 1.94 bits per heavy atom. The van der Waals surface area contributed by atoms with Gasteiger partial charge < -0.3 is 10.1 Å². The Bertz CT molecular complexity index is 448. The Morgan fingerprint density at radius 3 is 2.44 bits per heavy atom. The number of fused-ring (bicyclic) bond motifs is 2. The van der Waals surface area contributed by atoms with Gasteiger partial charge in [0.05, 0.1) is 6.10 Å². The molecule has 0 amide bonds. The average Bonchev–Trinajstić information content (AvgIpc) is 3.00. The monoisotopic (exact) mass is 247 g/mol. The minimum atomic E-state index is -0.290. The van der Waals surface area contributed by atoms with Crippen molar-refractivity contribution in [3.63, 3.8) is 0 Å². The molecule has 0 radical (unpaired) electrons. The fourth-order valence-corrected chi connectivity index (χ4v) is 4.28. The maximum Gasteiger partial charge on any atom is 0.0943 e. The summed E-state index contributed by atoms with van der Waals surface area (Å²) in [5.41, 5.74) is 4.82. The zero-order chi connectivity index (χ0) is 12.9. The van der Waals surface area contributed by atoms with E-state index in [4.69, 9.17) is 0 Å². The first-order chi connectivity index (χ1) is 8.56. The average molecular weight is 247 g/mol. The first kappa shape index (κ1) is 12.3. The van der Waals surface area contributed by atoms with Gasteiger partial charge in [0.1, 0.15) is 0 Å². The number of hydrogen-bond donors (Lipinski definition) is 2. The number of aryl methyl sites for hydroxylation is 1. The SMILES string of the molecule is Cc1[nH]c(C(O)CC2CC3CCC2C3)c(C)c1C. The summed E-state index contributed by atoms with van der Waals surface area (Å²) in [6, 6.07) is 0. The van der Waals surface area contributed by atoms with Gasteiger partial charge in [0.2, 0.25) is 0 Å². The third-order valence-electron chi connectivity index (χ3n) is 5.59. The van der Waals surface area contributed by atoms with E-state index >= 15 is 0 Å². The Kier molecular flexibility index (Phi) is 3.01. The Labute approximate surface area is 110 Å². The molecule has 0 aromatic carbocycles. The van der Waals surface area contributed by atoms with E-state index < -0.39 is 0 Å². The van der Waals surface area contributed by atoms with E-state index in [9.17, 15) is 5.11 Å². The molecule has 1 aromatic heterocycles. The molecule has 2 heteroatoms. The van der Waals surface area contributed by atoms with Crippen LogP contribution in [0.2, 0.25) is 0 Å². The summed E-state index contributed by atoms with van der Waals surface area (Å²) in [5, 5.41) is 10.5. The second-order valence-electron chi connectivity index (χ2n) is 6.60. The predicted molar refractivity (Wildman–Crippen MR) is 73.5 cm³/mol. The molecule has 2 bridgehead atoms. The van der Waals surface area contributed by atoms with Crippen molar-refractivity contribution < 1.29 is 5.11 Å². The molecule has 4 unspecified atom stereocenters. The molecule has 2 nitrogen and oxygen atoms in total. The first-order valence-electron chi connectivity index (χ1n) is 7.40. The summed E-state index contributed by atoms with van der Waals surface area (Å²) >= 11 is 0. The summed E-state index contributed by atoms with van der Waals surface area (Å²) in [5.74, 6) is 2.64. The van der Waals surface area contributed by atoms with Crippen LogP contribution in [0.1, 0.15) is 60.7 Å². The van der Waals surface area contributed by atoms with Crippen LogP contribution in [0.15, 0.2) is 0 Å². The maximum absolute atomic E-state index is 10.5. The van der Waals surface area contributed by atoms with E-state index in [0.29, 0.717) is 0 Å². The minimum Gasteiger partial charge on any atom is -0.387 e. The number of nitrogens with one attached hydrogen (secondary N) is 1. The van der Waals surface area contributed by atoms with Crippen LogP contribution >= 0.6 is 0 Å². The fourth-order valence-electron chi connectivity index (χ4n) is 4.28. The van der Waals surface area contributed by atoms with E-state index in [-0.39, 0.29) is 6.10 Å². The van der Waals surface area contributed by atoms with E-state index in [1.165, 1.54) is 42.5 Å². The molecule has 1 heterocycles. The van der Waals surface area contributed by atoms with Crippen molar-refractivity contribution in [3.8, 4) is 0 Å². The Hall–Kier alpha value is -0.760. The van der Waals surface area contributed by atoms with Gasteiger partial charge in [-0.05, 0) is 75.3 Å². The van der Waals surface area contributed by atoms with Crippen molar-refractivity contribution >= 4 is 0 Å². The lowest BCUT2D eigenvalue weighted by molar-refractivity contribution is 0.121. The van der Waals surface area contributed by atoms with Crippen LogP contribution in [-0.2, 0) is 0 Å². The minimum absolute atomic E-state index is 0.290. The van der Waals surface area contributed by atoms with Crippen LogP contribution in [0, 0.1) is 38.5 Å². The van der Waals surface area contributed by atoms with Crippen molar-refractivity contribution in [2.75, 3.05) is 0 Å². The van der Waals surface area contributed by atoms with Crippen molar-refractivity contribution in [1.82, 2.24) is 4.98 Å². The molecule has 4 atom stereocenters. The highest BCUT2D eigenvalue weighted by atomic mass is 16.3. The lowest BCUT2D eigenvalue weighted by atomic mass is 9.84. The number of aromatic nitrogens is 1. The van der Waals surface area contributed by atoms with Gasteiger partial charge >= 0.3 is 0 Å². The largest absolute Gasteiger partial charge is 0.387 e. The van der Waals surface area contributed by atoms with Gasteiger partial charge in [0.15, 0.2) is 0 Å². The molecule has 2 fully saturated rings.